The van der Waals surface area contributed by atoms with Gasteiger partial charge in [0.2, 0.25) is 15.9 Å². The van der Waals surface area contributed by atoms with Crippen LogP contribution in [0.4, 0.5) is 5.69 Å². The maximum Gasteiger partial charge on any atom is 0.244 e. The van der Waals surface area contributed by atoms with E-state index < -0.39 is 16.1 Å². The van der Waals surface area contributed by atoms with Gasteiger partial charge >= 0.3 is 0 Å². The normalized spacial score (nSPS) is 13.5. The number of hydrogen-bond donors (Lipinski definition) is 1. The lowest BCUT2D eigenvalue weighted by Crippen LogP contribution is -2.50. The topological polar surface area (TPSA) is 75.7 Å². The second-order valence-corrected chi connectivity index (χ2v) is 9.64. The van der Waals surface area contributed by atoms with E-state index in [0.717, 1.165) is 18.2 Å². The van der Waals surface area contributed by atoms with Crippen molar-refractivity contribution >= 4 is 21.6 Å². The lowest BCUT2D eigenvalue weighted by atomic mass is 9.96. The highest BCUT2D eigenvalue weighted by Gasteiger charge is 2.32. The molecule has 6 nitrogen and oxygen atoms in total. The number of amides is 1. The van der Waals surface area contributed by atoms with Crippen molar-refractivity contribution in [3.8, 4) is 5.75 Å². The number of methoxy groups -OCH3 is 1. The van der Waals surface area contributed by atoms with Gasteiger partial charge in [-0.25, -0.2) is 8.42 Å². The standard InChI is InChI=1S/C23H32N2O4S/c1-6-22(25(30(5,27)28)19-12-14-20(29-4)15-13-19)23(26)24-21(16-17(2)3)18-10-8-7-9-11-18/h7-15,17,21-22H,6,16H2,1-5H3,(H,24,26)/t21-,22-/m0/s1. The summed E-state index contributed by atoms with van der Waals surface area (Å²) in [6.45, 7) is 6.01. The summed E-state index contributed by atoms with van der Waals surface area (Å²) in [4.78, 5) is 13.3. The van der Waals surface area contributed by atoms with Crippen molar-refractivity contribution in [2.75, 3.05) is 17.7 Å². The second kappa shape index (κ2) is 10.5. The van der Waals surface area contributed by atoms with Crippen LogP contribution in [0.2, 0.25) is 0 Å². The third-order valence-corrected chi connectivity index (χ3v) is 6.06. The molecule has 0 aliphatic rings. The zero-order chi connectivity index (χ0) is 22.3. The van der Waals surface area contributed by atoms with E-state index in [1.54, 1.807) is 31.4 Å². The average Bonchev–Trinajstić information content (AvgIpc) is 2.71. The molecule has 0 saturated carbocycles. The number of carbonyl (C=O) groups is 1. The Bertz CT molecular complexity index is 912. The first-order valence-corrected chi connectivity index (χ1v) is 12.0. The van der Waals surface area contributed by atoms with Gasteiger partial charge in [0.25, 0.3) is 0 Å². The molecule has 164 valence electrons. The fourth-order valence-electron chi connectivity index (χ4n) is 3.49. The Morgan fingerprint density at radius 1 is 1.07 bits per heavy atom. The Hall–Kier alpha value is -2.54. The third-order valence-electron chi connectivity index (χ3n) is 4.88. The van der Waals surface area contributed by atoms with E-state index in [1.165, 1.54) is 4.31 Å². The van der Waals surface area contributed by atoms with Crippen molar-refractivity contribution < 1.29 is 17.9 Å². The summed E-state index contributed by atoms with van der Waals surface area (Å²) in [6, 6.07) is 15.4. The van der Waals surface area contributed by atoms with Gasteiger partial charge in [-0.15, -0.1) is 0 Å². The molecule has 0 bridgehead atoms. The van der Waals surface area contributed by atoms with Crippen LogP contribution < -0.4 is 14.4 Å². The number of nitrogens with zero attached hydrogens (tertiary/aromatic N) is 1. The zero-order valence-corrected chi connectivity index (χ0v) is 19.1. The highest BCUT2D eigenvalue weighted by molar-refractivity contribution is 7.92. The highest BCUT2D eigenvalue weighted by atomic mass is 32.2. The molecule has 2 rings (SSSR count). The predicted octanol–water partition coefficient (Wildman–Crippen LogP) is 4.14. The van der Waals surface area contributed by atoms with Gasteiger partial charge in [0.1, 0.15) is 11.8 Å². The molecule has 0 aromatic heterocycles. The minimum absolute atomic E-state index is 0.190. The Morgan fingerprint density at radius 3 is 2.13 bits per heavy atom. The molecule has 2 aromatic rings. The molecule has 0 aliphatic carbocycles. The number of sulfonamides is 1. The number of ether oxygens (including phenoxy) is 1. The van der Waals surface area contributed by atoms with E-state index >= 15 is 0 Å². The van der Waals surface area contributed by atoms with Gasteiger partial charge in [-0.1, -0.05) is 51.1 Å². The third kappa shape index (κ3) is 6.23. The van der Waals surface area contributed by atoms with Crippen LogP contribution in [0.25, 0.3) is 0 Å². The Morgan fingerprint density at radius 2 is 1.67 bits per heavy atom. The van der Waals surface area contributed by atoms with E-state index in [2.05, 4.69) is 19.2 Å². The minimum atomic E-state index is -3.69. The van der Waals surface area contributed by atoms with Crippen molar-refractivity contribution in [1.29, 1.82) is 0 Å². The Kier molecular flexibility index (Phi) is 8.29. The highest BCUT2D eigenvalue weighted by Crippen LogP contribution is 2.27. The quantitative estimate of drug-likeness (QED) is 0.612. The lowest BCUT2D eigenvalue weighted by molar-refractivity contribution is -0.123. The summed E-state index contributed by atoms with van der Waals surface area (Å²) in [5.74, 6) is 0.669. The predicted molar refractivity (Wildman–Crippen MR) is 121 cm³/mol. The van der Waals surface area contributed by atoms with Crippen LogP contribution in [0.15, 0.2) is 54.6 Å². The first kappa shape index (κ1) is 23.7. The lowest BCUT2D eigenvalue weighted by Gasteiger charge is -2.32. The van der Waals surface area contributed by atoms with Gasteiger partial charge in [-0.3, -0.25) is 9.10 Å². The molecule has 0 spiro atoms. The summed E-state index contributed by atoms with van der Waals surface area (Å²) in [5, 5.41) is 3.09. The molecule has 1 amide bonds. The maximum atomic E-state index is 13.3. The Labute approximate surface area is 180 Å². The van der Waals surface area contributed by atoms with Crippen LogP contribution in [0.1, 0.15) is 45.2 Å². The molecule has 0 fully saturated rings. The molecular weight excluding hydrogens is 400 g/mol. The van der Waals surface area contributed by atoms with E-state index in [1.807, 2.05) is 37.3 Å². The van der Waals surface area contributed by atoms with Crippen molar-refractivity contribution in [2.24, 2.45) is 5.92 Å². The molecule has 30 heavy (non-hydrogen) atoms. The van der Waals surface area contributed by atoms with Gasteiger partial charge in [-0.05, 0) is 48.6 Å². The fourth-order valence-corrected chi connectivity index (χ4v) is 4.70. The van der Waals surface area contributed by atoms with Crippen LogP contribution >= 0.6 is 0 Å². The van der Waals surface area contributed by atoms with E-state index in [4.69, 9.17) is 4.74 Å². The molecule has 0 aliphatic heterocycles. The van der Waals surface area contributed by atoms with Crippen LogP contribution in [0, 0.1) is 5.92 Å². The minimum Gasteiger partial charge on any atom is -0.497 e. The monoisotopic (exact) mass is 432 g/mol. The van der Waals surface area contributed by atoms with Crippen molar-refractivity contribution in [3.05, 3.63) is 60.2 Å². The van der Waals surface area contributed by atoms with Crippen molar-refractivity contribution in [1.82, 2.24) is 5.32 Å². The maximum absolute atomic E-state index is 13.3. The summed E-state index contributed by atoms with van der Waals surface area (Å²) in [7, 11) is -2.14. The summed E-state index contributed by atoms with van der Waals surface area (Å²) < 4.78 is 31.6. The first-order chi connectivity index (χ1) is 14.2. The largest absolute Gasteiger partial charge is 0.497 e. The number of carbonyl (C=O) groups excluding carboxylic acids is 1. The van der Waals surface area contributed by atoms with Gasteiger partial charge < -0.3 is 10.1 Å². The SMILES string of the molecule is CC[C@@H](C(=O)N[C@@H](CC(C)C)c1ccccc1)N(c1ccc(OC)cc1)S(C)(=O)=O. The zero-order valence-electron chi connectivity index (χ0n) is 18.3. The molecule has 0 radical (unpaired) electrons. The van der Waals surface area contributed by atoms with Crippen molar-refractivity contribution in [2.45, 2.75) is 45.7 Å². The molecular formula is C23H32N2O4S. The number of rotatable bonds is 10. The molecule has 2 aromatic carbocycles. The molecule has 1 N–H and O–H groups in total. The van der Waals surface area contributed by atoms with Crippen LogP contribution in [-0.4, -0.2) is 33.7 Å². The van der Waals surface area contributed by atoms with Crippen LogP contribution in [0.5, 0.6) is 5.75 Å². The summed E-state index contributed by atoms with van der Waals surface area (Å²) >= 11 is 0. The second-order valence-electron chi connectivity index (χ2n) is 7.78. The summed E-state index contributed by atoms with van der Waals surface area (Å²) in [5.41, 5.74) is 1.44. The van der Waals surface area contributed by atoms with Crippen molar-refractivity contribution in [3.63, 3.8) is 0 Å². The van der Waals surface area contributed by atoms with E-state index in [9.17, 15) is 13.2 Å². The molecule has 2 atom stereocenters. The fraction of sp³-hybridized carbons (Fsp3) is 0.435. The first-order valence-electron chi connectivity index (χ1n) is 10.2. The number of hydrogen-bond acceptors (Lipinski definition) is 4. The molecule has 0 saturated heterocycles. The molecule has 7 heteroatoms. The van der Waals surface area contributed by atoms with Crippen LogP contribution in [0.3, 0.4) is 0 Å². The smallest absolute Gasteiger partial charge is 0.244 e. The van der Waals surface area contributed by atoms with E-state index in [-0.39, 0.29) is 11.9 Å². The van der Waals surface area contributed by atoms with Gasteiger partial charge in [0.05, 0.1) is 25.1 Å². The molecule has 0 heterocycles. The van der Waals surface area contributed by atoms with Crippen LogP contribution in [-0.2, 0) is 14.8 Å². The summed E-state index contributed by atoms with van der Waals surface area (Å²) in [6.07, 6.45) is 2.22. The Balaban J connectivity index is 2.35. The van der Waals surface area contributed by atoms with Gasteiger partial charge in [-0.2, -0.15) is 0 Å². The van der Waals surface area contributed by atoms with Gasteiger partial charge in [0, 0.05) is 0 Å². The van der Waals surface area contributed by atoms with E-state index in [0.29, 0.717) is 23.8 Å². The number of benzene rings is 2. The number of nitrogens with one attached hydrogen (secondary N) is 1. The van der Waals surface area contributed by atoms with Gasteiger partial charge in [0.15, 0.2) is 0 Å². The average molecular weight is 433 g/mol. The number of anilines is 1. The molecule has 0 unspecified atom stereocenters.